The van der Waals surface area contributed by atoms with Gasteiger partial charge < -0.3 is 14.8 Å². The third-order valence-electron chi connectivity index (χ3n) is 7.98. The van der Waals surface area contributed by atoms with E-state index in [4.69, 9.17) is 21.1 Å². The van der Waals surface area contributed by atoms with Crippen LogP contribution in [0.4, 0.5) is 4.79 Å². The first-order chi connectivity index (χ1) is 15.0. The maximum atomic E-state index is 11.5. The number of ether oxygens (including phenoxy) is 2. The minimum Gasteiger partial charge on any atom is -0.447 e. The Morgan fingerprint density at radius 1 is 1.26 bits per heavy atom. The molecule has 4 aliphatic rings. The van der Waals surface area contributed by atoms with Gasteiger partial charge >= 0.3 is 6.09 Å². The third-order valence-corrected chi connectivity index (χ3v) is 8.32. The van der Waals surface area contributed by atoms with Gasteiger partial charge in [-0.15, -0.1) is 18.2 Å². The summed E-state index contributed by atoms with van der Waals surface area (Å²) in [5.74, 6) is 0.496. The van der Waals surface area contributed by atoms with Crippen LogP contribution >= 0.6 is 11.6 Å². The second-order valence-electron chi connectivity index (χ2n) is 10.3. The van der Waals surface area contributed by atoms with Crippen LogP contribution in [0.25, 0.3) is 0 Å². The molecule has 31 heavy (non-hydrogen) atoms. The first-order valence-electron chi connectivity index (χ1n) is 12.0. The molecule has 2 aliphatic heterocycles. The maximum Gasteiger partial charge on any atom is 0.407 e. The standard InChI is InChI=1S/C26H34ClNO3/c1-2-3-4-5-23-13-22(27)16-26(31-23)11-9-19-12-18(6-7-20(19)15-26)21-8-10-25(14-21)17-30-24(29)28-25/h2,6-7,12,21-23H,1,3-5,8-11,13-17H2,(H,28,29)/t21-,22?,23?,25+,26?/m0/s1. The molecule has 2 spiro atoms. The Kier molecular flexibility index (Phi) is 5.81. The molecule has 1 aromatic carbocycles. The molecule has 3 fully saturated rings. The molecule has 5 rings (SSSR count). The zero-order chi connectivity index (χ0) is 21.5. The van der Waals surface area contributed by atoms with E-state index in [2.05, 4.69) is 30.1 Å². The second kappa shape index (κ2) is 8.44. The topological polar surface area (TPSA) is 47.6 Å². The summed E-state index contributed by atoms with van der Waals surface area (Å²) in [6.45, 7) is 4.35. The van der Waals surface area contributed by atoms with E-state index in [1.54, 1.807) is 0 Å². The Labute approximate surface area is 190 Å². The van der Waals surface area contributed by atoms with Gasteiger partial charge in [-0.05, 0) is 86.8 Å². The molecule has 2 saturated heterocycles. The highest BCUT2D eigenvalue weighted by Gasteiger charge is 2.46. The predicted octanol–water partition coefficient (Wildman–Crippen LogP) is 5.80. The van der Waals surface area contributed by atoms with Crippen molar-refractivity contribution in [1.82, 2.24) is 5.32 Å². The van der Waals surface area contributed by atoms with Crippen molar-refractivity contribution in [3.63, 3.8) is 0 Å². The normalized spacial score (nSPS) is 36.9. The number of rotatable bonds is 5. The Morgan fingerprint density at radius 2 is 2.16 bits per heavy atom. The SMILES string of the molecule is C=CCCCC1CC(Cl)CC2(CCc3cc([C@H]4CC[C@]5(COC(=O)N5)C4)ccc3C2)O1. The van der Waals surface area contributed by atoms with Crippen LogP contribution in [-0.4, -0.2) is 35.3 Å². The lowest BCUT2D eigenvalue weighted by Gasteiger charge is -2.46. The van der Waals surface area contributed by atoms with Crippen molar-refractivity contribution in [2.45, 2.75) is 99.2 Å². The molecule has 4 nitrogen and oxygen atoms in total. The van der Waals surface area contributed by atoms with Gasteiger partial charge in [0.15, 0.2) is 0 Å². The number of carbonyl (C=O) groups is 1. The number of fused-ring (bicyclic) bond motifs is 1. The highest BCUT2D eigenvalue weighted by atomic mass is 35.5. The van der Waals surface area contributed by atoms with E-state index < -0.39 is 0 Å². The van der Waals surface area contributed by atoms with Crippen LogP contribution in [0, 0.1) is 0 Å². The number of aryl methyl sites for hydroxylation is 1. The summed E-state index contributed by atoms with van der Waals surface area (Å²) in [5.41, 5.74) is 4.07. The molecule has 1 N–H and O–H groups in total. The Hall–Kier alpha value is -1.52. The smallest absolute Gasteiger partial charge is 0.407 e. The number of halogens is 1. The zero-order valence-corrected chi connectivity index (χ0v) is 19.1. The van der Waals surface area contributed by atoms with Gasteiger partial charge in [0.25, 0.3) is 0 Å². The zero-order valence-electron chi connectivity index (χ0n) is 18.3. The van der Waals surface area contributed by atoms with Gasteiger partial charge in [0.2, 0.25) is 0 Å². The van der Waals surface area contributed by atoms with Gasteiger partial charge in [0.05, 0.1) is 17.2 Å². The minimum absolute atomic E-state index is 0.0963. The quantitative estimate of drug-likeness (QED) is 0.355. The van der Waals surface area contributed by atoms with Crippen LogP contribution in [0.2, 0.25) is 0 Å². The van der Waals surface area contributed by atoms with Crippen molar-refractivity contribution in [3.8, 4) is 0 Å². The van der Waals surface area contributed by atoms with Gasteiger partial charge in [-0.25, -0.2) is 4.79 Å². The van der Waals surface area contributed by atoms with Crippen molar-refractivity contribution in [3.05, 3.63) is 47.5 Å². The molecule has 3 unspecified atom stereocenters. The van der Waals surface area contributed by atoms with E-state index in [1.165, 1.54) is 16.7 Å². The van der Waals surface area contributed by atoms with Crippen molar-refractivity contribution < 1.29 is 14.3 Å². The van der Waals surface area contributed by atoms with E-state index in [9.17, 15) is 4.79 Å². The molecule has 1 amide bonds. The monoisotopic (exact) mass is 443 g/mol. The predicted molar refractivity (Wildman–Crippen MR) is 123 cm³/mol. The number of hydrogen-bond acceptors (Lipinski definition) is 3. The van der Waals surface area contributed by atoms with Crippen LogP contribution in [0.15, 0.2) is 30.9 Å². The van der Waals surface area contributed by atoms with Crippen LogP contribution in [0.5, 0.6) is 0 Å². The number of allylic oxidation sites excluding steroid dienone is 1. The molecule has 1 saturated carbocycles. The van der Waals surface area contributed by atoms with Crippen molar-refractivity contribution in [2.24, 2.45) is 0 Å². The molecule has 0 radical (unpaired) electrons. The van der Waals surface area contributed by atoms with Crippen LogP contribution < -0.4 is 5.32 Å². The molecular formula is C26H34ClNO3. The van der Waals surface area contributed by atoms with Crippen molar-refractivity contribution in [1.29, 1.82) is 0 Å². The molecule has 0 aromatic heterocycles. The lowest BCUT2D eigenvalue weighted by molar-refractivity contribution is -0.135. The number of nitrogens with one attached hydrogen (secondary N) is 1. The van der Waals surface area contributed by atoms with E-state index in [0.717, 1.165) is 70.6 Å². The lowest BCUT2D eigenvalue weighted by atomic mass is 9.74. The Morgan fingerprint density at radius 3 is 2.97 bits per heavy atom. The van der Waals surface area contributed by atoms with Crippen molar-refractivity contribution in [2.75, 3.05) is 6.61 Å². The van der Waals surface area contributed by atoms with E-state index >= 15 is 0 Å². The number of unbranched alkanes of at least 4 members (excludes halogenated alkanes) is 1. The van der Waals surface area contributed by atoms with E-state index in [1.807, 2.05) is 6.08 Å². The summed E-state index contributed by atoms with van der Waals surface area (Å²) in [5, 5.41) is 3.27. The fourth-order valence-electron chi connectivity index (χ4n) is 6.41. The minimum atomic E-state index is -0.260. The third kappa shape index (κ3) is 4.39. The van der Waals surface area contributed by atoms with Gasteiger partial charge in [-0.2, -0.15) is 0 Å². The number of alkyl halides is 1. The number of alkyl carbamates (subject to hydrolysis) is 1. The highest BCUT2D eigenvalue weighted by molar-refractivity contribution is 6.20. The van der Waals surface area contributed by atoms with Crippen LogP contribution in [-0.2, 0) is 22.3 Å². The molecule has 2 heterocycles. The molecule has 2 aliphatic carbocycles. The summed E-state index contributed by atoms with van der Waals surface area (Å²) in [4.78, 5) is 11.5. The molecule has 168 valence electrons. The number of hydrogen-bond donors (Lipinski definition) is 1. The second-order valence-corrected chi connectivity index (χ2v) is 10.9. The molecule has 0 bridgehead atoms. The largest absolute Gasteiger partial charge is 0.447 e. The first kappa shape index (κ1) is 21.3. The van der Waals surface area contributed by atoms with Crippen LogP contribution in [0.3, 0.4) is 0 Å². The van der Waals surface area contributed by atoms with Gasteiger partial charge in [0.1, 0.15) is 6.61 Å². The summed E-state index contributed by atoms with van der Waals surface area (Å²) in [6.07, 6.45) is 13.4. The number of benzene rings is 1. The van der Waals surface area contributed by atoms with E-state index in [-0.39, 0.29) is 28.7 Å². The van der Waals surface area contributed by atoms with Gasteiger partial charge in [0, 0.05) is 11.8 Å². The maximum absolute atomic E-state index is 11.5. The summed E-state index contributed by atoms with van der Waals surface area (Å²) in [6, 6.07) is 7.06. The lowest BCUT2D eigenvalue weighted by Crippen LogP contribution is -2.48. The molecule has 1 aromatic rings. The number of cyclic esters (lactones) is 1. The molecular weight excluding hydrogens is 410 g/mol. The average molecular weight is 444 g/mol. The number of carbonyl (C=O) groups excluding carboxylic acids is 1. The molecule has 5 heteroatoms. The summed E-state index contributed by atoms with van der Waals surface area (Å²) >= 11 is 6.71. The average Bonchev–Trinajstić information content (AvgIpc) is 3.33. The summed E-state index contributed by atoms with van der Waals surface area (Å²) < 4.78 is 11.9. The number of amides is 1. The summed E-state index contributed by atoms with van der Waals surface area (Å²) in [7, 11) is 0. The Balaban J connectivity index is 1.27. The molecule has 5 atom stereocenters. The fourth-order valence-corrected chi connectivity index (χ4v) is 6.89. The Bertz CT molecular complexity index is 857. The van der Waals surface area contributed by atoms with Gasteiger partial charge in [-0.1, -0.05) is 24.3 Å². The van der Waals surface area contributed by atoms with Crippen molar-refractivity contribution >= 4 is 17.7 Å². The fraction of sp³-hybridized carbons (Fsp3) is 0.654. The first-order valence-corrected chi connectivity index (χ1v) is 12.4. The van der Waals surface area contributed by atoms with Gasteiger partial charge in [-0.3, -0.25) is 0 Å². The highest BCUT2D eigenvalue weighted by Crippen LogP contribution is 2.46. The van der Waals surface area contributed by atoms with Crippen LogP contribution in [0.1, 0.15) is 80.4 Å². The van der Waals surface area contributed by atoms with E-state index in [0.29, 0.717) is 12.5 Å².